The molecule has 0 radical (unpaired) electrons. The van der Waals surface area contributed by atoms with E-state index in [0.29, 0.717) is 11.3 Å². The fraction of sp³-hybridized carbons (Fsp3) is 0.370. The molecule has 0 spiro atoms. The lowest BCUT2D eigenvalue weighted by molar-refractivity contribution is -0.0429. The van der Waals surface area contributed by atoms with Crippen LogP contribution in [0.3, 0.4) is 0 Å². The van der Waals surface area contributed by atoms with E-state index in [9.17, 15) is 14.4 Å². The van der Waals surface area contributed by atoms with Gasteiger partial charge in [0.1, 0.15) is 23.0 Å². The smallest absolute Gasteiger partial charge is 0.431 e. The van der Waals surface area contributed by atoms with Gasteiger partial charge in [0, 0.05) is 18.3 Å². The summed E-state index contributed by atoms with van der Waals surface area (Å²) in [7, 11) is 0. The summed E-state index contributed by atoms with van der Waals surface area (Å²) in [5, 5.41) is 7.50. The van der Waals surface area contributed by atoms with Crippen LogP contribution < -0.4 is 10.9 Å². The minimum atomic E-state index is -0.896. The summed E-state index contributed by atoms with van der Waals surface area (Å²) >= 11 is 0. The van der Waals surface area contributed by atoms with Gasteiger partial charge in [-0.2, -0.15) is 5.10 Å². The molecule has 0 amide bonds. The largest absolute Gasteiger partial charge is 0.511 e. The van der Waals surface area contributed by atoms with Crippen LogP contribution in [0.15, 0.2) is 53.6 Å². The minimum absolute atomic E-state index is 0.0124. The van der Waals surface area contributed by atoms with E-state index in [1.807, 2.05) is 13.0 Å². The Hall–Kier alpha value is -4.21. The van der Waals surface area contributed by atoms with E-state index in [0.717, 1.165) is 37.7 Å². The molecule has 2 aromatic heterocycles. The molecule has 37 heavy (non-hydrogen) atoms. The van der Waals surface area contributed by atoms with Crippen LogP contribution in [0.4, 0.5) is 16.2 Å². The molecule has 0 bridgehead atoms. The van der Waals surface area contributed by atoms with Gasteiger partial charge >= 0.3 is 12.1 Å². The van der Waals surface area contributed by atoms with Crippen molar-refractivity contribution in [3.05, 3.63) is 70.3 Å². The number of benzene rings is 1. The molecule has 1 fully saturated rings. The third-order valence-electron chi connectivity index (χ3n) is 6.19. The van der Waals surface area contributed by atoms with Crippen molar-refractivity contribution < 1.29 is 23.8 Å². The van der Waals surface area contributed by atoms with E-state index in [1.54, 1.807) is 49.6 Å². The quantitative estimate of drug-likeness (QED) is 0.333. The molecule has 2 heterocycles. The minimum Gasteiger partial charge on any atom is -0.431 e. The molecular weight excluding hydrogens is 476 g/mol. The number of carbonyl (C=O) groups is 2. The van der Waals surface area contributed by atoms with Crippen molar-refractivity contribution in [3.63, 3.8) is 0 Å². The van der Waals surface area contributed by atoms with E-state index in [-0.39, 0.29) is 29.6 Å². The zero-order chi connectivity index (χ0) is 26.2. The SMILES string of the molecule is CCn1nc(-c2ccccc2)c(C(=O)OCOC(=O)OC2CCCCC2)c(Nc2cnccc2C)c1=O. The molecule has 1 aromatic carbocycles. The number of ether oxygens (including phenoxy) is 3. The van der Waals surface area contributed by atoms with Gasteiger partial charge in [-0.15, -0.1) is 0 Å². The molecule has 3 aromatic rings. The highest BCUT2D eigenvalue weighted by atomic mass is 16.8. The Morgan fingerprint density at radius 1 is 1.08 bits per heavy atom. The molecule has 4 rings (SSSR count). The fourth-order valence-corrected chi connectivity index (χ4v) is 4.18. The number of aryl methyl sites for hydroxylation is 2. The Bertz CT molecular complexity index is 1300. The van der Waals surface area contributed by atoms with Gasteiger partial charge in [0.15, 0.2) is 0 Å². The maximum absolute atomic E-state index is 13.4. The number of aromatic nitrogens is 3. The van der Waals surface area contributed by atoms with Crippen molar-refractivity contribution in [1.29, 1.82) is 0 Å². The lowest BCUT2D eigenvalue weighted by Gasteiger charge is -2.21. The molecule has 0 saturated heterocycles. The highest BCUT2D eigenvalue weighted by Crippen LogP contribution is 2.29. The Labute approximate surface area is 214 Å². The van der Waals surface area contributed by atoms with Gasteiger partial charge in [-0.3, -0.25) is 9.78 Å². The second kappa shape index (κ2) is 12.2. The number of hydrogen-bond donors (Lipinski definition) is 1. The molecule has 10 nitrogen and oxygen atoms in total. The first kappa shape index (κ1) is 25.9. The third-order valence-corrected chi connectivity index (χ3v) is 6.19. The number of hydrogen-bond acceptors (Lipinski definition) is 9. The summed E-state index contributed by atoms with van der Waals surface area (Å²) in [6.45, 7) is 3.25. The van der Waals surface area contributed by atoms with Gasteiger partial charge < -0.3 is 19.5 Å². The summed E-state index contributed by atoms with van der Waals surface area (Å²) < 4.78 is 16.8. The van der Waals surface area contributed by atoms with Gasteiger partial charge in [-0.25, -0.2) is 14.3 Å². The third kappa shape index (κ3) is 6.32. The first-order valence-electron chi connectivity index (χ1n) is 12.4. The highest BCUT2D eigenvalue weighted by Gasteiger charge is 2.27. The first-order chi connectivity index (χ1) is 18.0. The van der Waals surface area contributed by atoms with Crippen LogP contribution in [0.5, 0.6) is 0 Å². The van der Waals surface area contributed by atoms with Crippen LogP contribution in [-0.4, -0.2) is 39.8 Å². The van der Waals surface area contributed by atoms with Crippen LogP contribution in [0, 0.1) is 6.92 Å². The molecule has 194 valence electrons. The lowest BCUT2D eigenvalue weighted by Crippen LogP contribution is -2.29. The number of esters is 1. The zero-order valence-electron chi connectivity index (χ0n) is 20.9. The van der Waals surface area contributed by atoms with Gasteiger partial charge in [-0.1, -0.05) is 36.8 Å². The van der Waals surface area contributed by atoms with Crippen LogP contribution >= 0.6 is 0 Å². The number of anilines is 2. The Kier molecular flexibility index (Phi) is 8.50. The second-order valence-corrected chi connectivity index (χ2v) is 8.72. The van der Waals surface area contributed by atoms with Crippen molar-refractivity contribution in [1.82, 2.24) is 14.8 Å². The number of rotatable bonds is 8. The molecule has 1 N–H and O–H groups in total. The van der Waals surface area contributed by atoms with Crippen molar-refractivity contribution in [2.75, 3.05) is 12.1 Å². The number of nitrogens with one attached hydrogen (secondary N) is 1. The van der Waals surface area contributed by atoms with E-state index in [4.69, 9.17) is 14.2 Å². The molecular formula is C27H30N4O6. The maximum Gasteiger partial charge on any atom is 0.511 e. The van der Waals surface area contributed by atoms with Crippen molar-refractivity contribution in [2.24, 2.45) is 0 Å². The predicted molar refractivity (Wildman–Crippen MR) is 137 cm³/mol. The predicted octanol–water partition coefficient (Wildman–Crippen LogP) is 4.98. The van der Waals surface area contributed by atoms with Gasteiger partial charge in [-0.05, 0) is 51.2 Å². The van der Waals surface area contributed by atoms with Crippen LogP contribution in [0.1, 0.15) is 54.9 Å². The van der Waals surface area contributed by atoms with E-state index < -0.39 is 24.5 Å². The lowest BCUT2D eigenvalue weighted by atomic mass is 9.98. The summed E-state index contributed by atoms with van der Waals surface area (Å²) in [6.07, 6.45) is 6.80. The van der Waals surface area contributed by atoms with Gasteiger partial charge in [0.05, 0.1) is 11.9 Å². The number of carbonyl (C=O) groups excluding carboxylic acids is 2. The fourth-order valence-electron chi connectivity index (χ4n) is 4.18. The summed E-state index contributed by atoms with van der Waals surface area (Å²) in [5.74, 6) is -0.874. The average Bonchev–Trinajstić information content (AvgIpc) is 2.91. The number of nitrogens with zero attached hydrogens (tertiary/aromatic N) is 3. The second-order valence-electron chi connectivity index (χ2n) is 8.72. The number of pyridine rings is 1. The van der Waals surface area contributed by atoms with Crippen LogP contribution in [0.2, 0.25) is 0 Å². The Morgan fingerprint density at radius 2 is 1.84 bits per heavy atom. The van der Waals surface area contributed by atoms with E-state index >= 15 is 0 Å². The summed E-state index contributed by atoms with van der Waals surface area (Å²) in [4.78, 5) is 42.9. The molecule has 0 unspecified atom stereocenters. The van der Waals surface area contributed by atoms with E-state index in [2.05, 4.69) is 15.4 Å². The Morgan fingerprint density at radius 3 is 2.54 bits per heavy atom. The van der Waals surface area contributed by atoms with Crippen molar-refractivity contribution in [3.8, 4) is 11.3 Å². The molecule has 10 heteroatoms. The normalized spacial score (nSPS) is 13.6. The van der Waals surface area contributed by atoms with Crippen LogP contribution in [-0.2, 0) is 20.8 Å². The topological polar surface area (TPSA) is 122 Å². The van der Waals surface area contributed by atoms with Crippen LogP contribution in [0.25, 0.3) is 11.3 Å². The average molecular weight is 507 g/mol. The zero-order valence-corrected chi connectivity index (χ0v) is 20.9. The molecule has 0 atom stereocenters. The van der Waals surface area contributed by atoms with E-state index in [1.165, 1.54) is 4.68 Å². The van der Waals surface area contributed by atoms with Crippen molar-refractivity contribution >= 4 is 23.5 Å². The van der Waals surface area contributed by atoms with Gasteiger partial charge in [0.2, 0.25) is 6.79 Å². The summed E-state index contributed by atoms with van der Waals surface area (Å²) in [6, 6.07) is 10.8. The Balaban J connectivity index is 1.64. The molecule has 1 saturated carbocycles. The standard InChI is InChI=1S/C27H30N4O6/c1-3-31-25(32)24(29-21-16-28-15-14-18(21)2)22(23(30-31)19-10-6-4-7-11-19)26(33)35-17-36-27(34)37-20-12-8-5-9-13-20/h4,6-7,10-11,14-16,20,29H,3,5,8-9,12-13,17H2,1-2H3. The monoisotopic (exact) mass is 506 g/mol. The maximum atomic E-state index is 13.4. The van der Waals surface area contributed by atoms with Gasteiger partial charge in [0.25, 0.3) is 5.56 Å². The molecule has 0 aliphatic heterocycles. The highest BCUT2D eigenvalue weighted by molar-refractivity contribution is 6.02. The van der Waals surface area contributed by atoms with Crippen molar-refractivity contribution in [2.45, 2.75) is 58.6 Å². The molecule has 1 aliphatic carbocycles. The summed E-state index contributed by atoms with van der Waals surface area (Å²) in [5.41, 5.74) is 1.64. The first-order valence-corrected chi connectivity index (χ1v) is 12.4. The molecule has 1 aliphatic rings.